The van der Waals surface area contributed by atoms with Gasteiger partial charge in [-0.05, 0) is 49.3 Å². The molecule has 0 spiro atoms. The zero-order valence-corrected chi connectivity index (χ0v) is 14.2. The van der Waals surface area contributed by atoms with Crippen molar-refractivity contribution in [1.29, 1.82) is 0 Å². The van der Waals surface area contributed by atoms with Gasteiger partial charge in [0.2, 0.25) is 0 Å². The summed E-state index contributed by atoms with van der Waals surface area (Å²) in [6, 6.07) is 5.81. The molecule has 0 radical (unpaired) electrons. The van der Waals surface area contributed by atoms with Crippen molar-refractivity contribution < 1.29 is 13.5 Å². The molecule has 1 aromatic carbocycles. The van der Waals surface area contributed by atoms with E-state index in [0.29, 0.717) is 6.42 Å². The second-order valence-electron chi connectivity index (χ2n) is 5.83. The predicted octanol–water partition coefficient (Wildman–Crippen LogP) is 3.39. The highest BCUT2D eigenvalue weighted by molar-refractivity contribution is 9.10. The first-order valence-corrected chi connectivity index (χ1v) is 9.67. The van der Waals surface area contributed by atoms with Crippen LogP contribution in [0.15, 0.2) is 22.7 Å². The van der Waals surface area contributed by atoms with Crippen LogP contribution in [0.25, 0.3) is 0 Å². The van der Waals surface area contributed by atoms with E-state index >= 15 is 0 Å². The molecule has 1 fully saturated rings. The Bertz CT molecular complexity index is 583. The smallest absolute Gasteiger partial charge is 0.150 e. The molecular weight excluding hydrogens is 340 g/mol. The zero-order valence-electron chi connectivity index (χ0n) is 11.8. The summed E-state index contributed by atoms with van der Waals surface area (Å²) in [5, 5.41) is 10.2. The molecule has 0 heterocycles. The molecule has 3 nitrogen and oxygen atoms in total. The van der Waals surface area contributed by atoms with Crippen molar-refractivity contribution in [2.45, 2.75) is 44.0 Å². The molecule has 0 saturated heterocycles. The molecule has 0 amide bonds. The van der Waals surface area contributed by atoms with Crippen LogP contribution in [-0.2, 0) is 9.84 Å². The first-order chi connectivity index (χ1) is 9.29. The molecule has 1 aliphatic rings. The fourth-order valence-corrected chi connectivity index (χ4v) is 4.42. The van der Waals surface area contributed by atoms with Gasteiger partial charge in [-0.2, -0.15) is 0 Å². The van der Waals surface area contributed by atoms with Gasteiger partial charge in [-0.15, -0.1) is 0 Å². The van der Waals surface area contributed by atoms with Crippen LogP contribution in [0.3, 0.4) is 0 Å². The third kappa shape index (κ3) is 3.62. The number of hydrogen-bond donors (Lipinski definition) is 1. The van der Waals surface area contributed by atoms with Crippen molar-refractivity contribution in [1.82, 2.24) is 0 Å². The second kappa shape index (κ2) is 6.16. The molecule has 3 atom stereocenters. The Labute approximate surface area is 129 Å². The third-order valence-electron chi connectivity index (χ3n) is 4.24. The lowest BCUT2D eigenvalue weighted by Crippen LogP contribution is -2.30. The van der Waals surface area contributed by atoms with Gasteiger partial charge in [0, 0.05) is 10.7 Å². The topological polar surface area (TPSA) is 54.4 Å². The second-order valence-corrected chi connectivity index (χ2v) is 9.01. The maximum Gasteiger partial charge on any atom is 0.150 e. The van der Waals surface area contributed by atoms with Gasteiger partial charge in [0.1, 0.15) is 9.84 Å². The Morgan fingerprint density at radius 3 is 2.65 bits per heavy atom. The standard InChI is InChI=1S/C15H21BrO3S/c1-10-8-12(6-7-14(10)16)15(17)11-4-3-5-13(9-11)20(2,18)19/h6-8,11,13,15,17H,3-5,9H2,1-2H3. The molecule has 0 aromatic heterocycles. The van der Waals surface area contributed by atoms with Crippen molar-refractivity contribution in [3.05, 3.63) is 33.8 Å². The zero-order chi connectivity index (χ0) is 14.9. The summed E-state index contributed by atoms with van der Waals surface area (Å²) in [6.07, 6.45) is 3.77. The van der Waals surface area contributed by atoms with E-state index in [4.69, 9.17) is 0 Å². The summed E-state index contributed by atoms with van der Waals surface area (Å²) >= 11 is 3.45. The number of aliphatic hydroxyl groups excluding tert-OH is 1. The van der Waals surface area contributed by atoms with Gasteiger partial charge in [0.15, 0.2) is 0 Å². The summed E-state index contributed by atoms with van der Waals surface area (Å²) in [6.45, 7) is 1.99. The number of hydrogen-bond acceptors (Lipinski definition) is 3. The van der Waals surface area contributed by atoms with Crippen molar-refractivity contribution in [2.75, 3.05) is 6.26 Å². The number of aliphatic hydroxyl groups is 1. The molecular formula is C15H21BrO3S. The van der Waals surface area contributed by atoms with Crippen LogP contribution < -0.4 is 0 Å². The maximum absolute atomic E-state index is 11.7. The van der Waals surface area contributed by atoms with E-state index in [1.165, 1.54) is 6.26 Å². The highest BCUT2D eigenvalue weighted by Crippen LogP contribution is 2.37. The third-order valence-corrected chi connectivity index (χ3v) is 6.77. The molecule has 3 unspecified atom stereocenters. The quantitative estimate of drug-likeness (QED) is 0.898. The fraction of sp³-hybridized carbons (Fsp3) is 0.600. The lowest BCUT2D eigenvalue weighted by atomic mass is 9.82. The highest BCUT2D eigenvalue weighted by Gasteiger charge is 2.32. The van der Waals surface area contributed by atoms with Crippen LogP contribution in [0.4, 0.5) is 0 Å². The van der Waals surface area contributed by atoms with Crippen molar-refractivity contribution in [3.8, 4) is 0 Å². The van der Waals surface area contributed by atoms with Gasteiger partial charge in [0.25, 0.3) is 0 Å². The monoisotopic (exact) mass is 360 g/mol. The van der Waals surface area contributed by atoms with E-state index < -0.39 is 15.9 Å². The largest absolute Gasteiger partial charge is 0.388 e. The average molecular weight is 361 g/mol. The molecule has 1 saturated carbocycles. The van der Waals surface area contributed by atoms with E-state index in [1.807, 2.05) is 25.1 Å². The minimum atomic E-state index is -3.01. The van der Waals surface area contributed by atoms with Crippen molar-refractivity contribution in [3.63, 3.8) is 0 Å². The van der Waals surface area contributed by atoms with Crippen LogP contribution in [0.5, 0.6) is 0 Å². The van der Waals surface area contributed by atoms with Gasteiger partial charge in [0.05, 0.1) is 11.4 Å². The van der Waals surface area contributed by atoms with Crippen molar-refractivity contribution >= 4 is 25.8 Å². The number of aryl methyl sites for hydroxylation is 1. The molecule has 1 N–H and O–H groups in total. The molecule has 5 heteroatoms. The summed E-state index contributed by atoms with van der Waals surface area (Å²) in [5.41, 5.74) is 1.96. The van der Waals surface area contributed by atoms with Crippen LogP contribution >= 0.6 is 15.9 Å². The number of sulfone groups is 1. The van der Waals surface area contributed by atoms with Crippen LogP contribution in [0, 0.1) is 12.8 Å². The Kier molecular flexibility index (Phi) is 4.92. The lowest BCUT2D eigenvalue weighted by Gasteiger charge is -2.31. The molecule has 20 heavy (non-hydrogen) atoms. The summed E-state index contributed by atoms with van der Waals surface area (Å²) in [5.74, 6) is 0.0315. The van der Waals surface area contributed by atoms with E-state index in [-0.39, 0.29) is 11.2 Å². The van der Waals surface area contributed by atoms with E-state index in [0.717, 1.165) is 34.9 Å². The number of rotatable bonds is 3. The summed E-state index contributed by atoms with van der Waals surface area (Å²) in [4.78, 5) is 0. The van der Waals surface area contributed by atoms with Crippen LogP contribution in [0.2, 0.25) is 0 Å². The normalized spacial score (nSPS) is 25.4. The van der Waals surface area contributed by atoms with Gasteiger partial charge in [-0.25, -0.2) is 8.42 Å². The van der Waals surface area contributed by atoms with Gasteiger partial charge in [-0.1, -0.05) is 34.5 Å². The van der Waals surface area contributed by atoms with E-state index in [9.17, 15) is 13.5 Å². The van der Waals surface area contributed by atoms with E-state index in [1.54, 1.807) is 0 Å². The Morgan fingerprint density at radius 1 is 1.35 bits per heavy atom. The molecule has 1 aromatic rings. The van der Waals surface area contributed by atoms with E-state index in [2.05, 4.69) is 15.9 Å². The predicted molar refractivity (Wildman–Crippen MR) is 84.4 cm³/mol. The molecule has 2 rings (SSSR count). The Morgan fingerprint density at radius 2 is 2.05 bits per heavy atom. The summed E-state index contributed by atoms with van der Waals surface area (Å²) < 4.78 is 24.4. The first-order valence-electron chi connectivity index (χ1n) is 6.92. The molecule has 0 bridgehead atoms. The minimum absolute atomic E-state index is 0.0315. The first kappa shape index (κ1) is 16.0. The molecule has 112 valence electrons. The van der Waals surface area contributed by atoms with Crippen molar-refractivity contribution in [2.24, 2.45) is 5.92 Å². The Balaban J connectivity index is 2.16. The fourth-order valence-electron chi connectivity index (χ4n) is 2.98. The SMILES string of the molecule is Cc1cc(C(O)C2CCCC(S(C)(=O)=O)C2)ccc1Br. The average Bonchev–Trinajstić information content (AvgIpc) is 2.40. The molecule has 1 aliphatic carbocycles. The maximum atomic E-state index is 11.7. The van der Waals surface area contributed by atoms with Gasteiger partial charge >= 0.3 is 0 Å². The van der Waals surface area contributed by atoms with Crippen LogP contribution in [-0.4, -0.2) is 25.0 Å². The molecule has 0 aliphatic heterocycles. The number of benzene rings is 1. The number of halogens is 1. The Hall–Kier alpha value is -0.390. The minimum Gasteiger partial charge on any atom is -0.388 e. The highest BCUT2D eigenvalue weighted by atomic mass is 79.9. The summed E-state index contributed by atoms with van der Waals surface area (Å²) in [7, 11) is -3.01. The van der Waals surface area contributed by atoms with Crippen LogP contribution in [0.1, 0.15) is 42.9 Å². The van der Waals surface area contributed by atoms with Gasteiger partial charge < -0.3 is 5.11 Å². The van der Waals surface area contributed by atoms with Gasteiger partial charge in [-0.3, -0.25) is 0 Å². The lowest BCUT2D eigenvalue weighted by molar-refractivity contribution is 0.0856.